The first-order valence-electron chi connectivity index (χ1n) is 9.12. The number of halogens is 2. The lowest BCUT2D eigenvalue weighted by atomic mass is 10.1. The Hall–Kier alpha value is -2.72. The first-order chi connectivity index (χ1) is 14.0. The van der Waals surface area contributed by atoms with Crippen LogP contribution in [0.1, 0.15) is 24.2 Å². The van der Waals surface area contributed by atoms with Gasteiger partial charge in [-0.2, -0.15) is 8.78 Å². The van der Waals surface area contributed by atoms with Gasteiger partial charge in [-0.3, -0.25) is 15.0 Å². The van der Waals surface area contributed by atoms with Crippen LogP contribution in [-0.4, -0.2) is 42.8 Å². The van der Waals surface area contributed by atoms with E-state index in [-0.39, 0.29) is 29.8 Å². The van der Waals surface area contributed by atoms with Crippen LogP contribution in [0.2, 0.25) is 0 Å². The molecule has 1 unspecified atom stereocenters. The van der Waals surface area contributed by atoms with Gasteiger partial charge in [0.2, 0.25) is 0 Å². The fraction of sp³-hybridized carbons (Fsp3) is 0.474. The summed E-state index contributed by atoms with van der Waals surface area (Å²) in [6, 6.07) is 5.91. The Morgan fingerprint density at radius 2 is 2.17 bits per heavy atom. The van der Waals surface area contributed by atoms with E-state index in [4.69, 9.17) is 13.9 Å². The van der Waals surface area contributed by atoms with Crippen LogP contribution in [0.3, 0.4) is 0 Å². The minimum Gasteiger partial charge on any atom is -0.493 e. The summed E-state index contributed by atoms with van der Waals surface area (Å²) >= 11 is 0. The van der Waals surface area contributed by atoms with Crippen LogP contribution in [-0.2, 0) is 17.8 Å². The van der Waals surface area contributed by atoms with E-state index in [0.29, 0.717) is 31.0 Å². The third-order valence-electron chi connectivity index (χ3n) is 4.62. The van der Waals surface area contributed by atoms with Crippen molar-refractivity contribution in [2.75, 3.05) is 20.3 Å². The van der Waals surface area contributed by atoms with Gasteiger partial charge >= 0.3 is 6.61 Å². The average molecular weight is 412 g/mol. The average Bonchev–Trinajstić information content (AvgIpc) is 3.36. The molecule has 2 heterocycles. The Morgan fingerprint density at radius 3 is 2.76 bits per heavy atom. The molecule has 1 aromatic heterocycles. The molecule has 0 N–H and O–H groups in total. The molecule has 1 atom stereocenters. The standard InChI is InChI=1S/C19H22F2N2O6/c1-26-17-8-13(16(23(24)25)9-18(17)29-19(20)21)10-22(11-14-4-2-6-27-14)12-15-5-3-7-28-15/h2,4,6,8-9,15,19H,3,5,7,10-12H2,1H3. The molecule has 10 heteroatoms. The van der Waals surface area contributed by atoms with Crippen molar-refractivity contribution in [2.45, 2.75) is 38.6 Å². The van der Waals surface area contributed by atoms with E-state index in [9.17, 15) is 18.9 Å². The number of rotatable bonds is 10. The molecule has 29 heavy (non-hydrogen) atoms. The van der Waals surface area contributed by atoms with E-state index >= 15 is 0 Å². The maximum absolute atomic E-state index is 12.6. The van der Waals surface area contributed by atoms with Crippen LogP contribution < -0.4 is 9.47 Å². The lowest BCUT2D eigenvalue weighted by Crippen LogP contribution is -2.31. The fourth-order valence-electron chi connectivity index (χ4n) is 3.36. The highest BCUT2D eigenvalue weighted by molar-refractivity contribution is 5.54. The van der Waals surface area contributed by atoms with E-state index < -0.39 is 11.5 Å². The Bertz CT molecular complexity index is 809. The highest BCUT2D eigenvalue weighted by Gasteiger charge is 2.26. The van der Waals surface area contributed by atoms with E-state index in [2.05, 4.69) is 4.74 Å². The van der Waals surface area contributed by atoms with Crippen LogP contribution in [0, 0.1) is 10.1 Å². The second-order valence-corrected chi connectivity index (χ2v) is 6.65. The van der Waals surface area contributed by atoms with Crippen molar-refractivity contribution < 1.29 is 32.3 Å². The molecule has 158 valence electrons. The Labute approximate surface area is 166 Å². The summed E-state index contributed by atoms with van der Waals surface area (Å²) < 4.78 is 45.8. The second-order valence-electron chi connectivity index (χ2n) is 6.65. The Balaban J connectivity index is 1.88. The van der Waals surface area contributed by atoms with Crippen molar-refractivity contribution in [3.05, 3.63) is 52.0 Å². The lowest BCUT2D eigenvalue weighted by molar-refractivity contribution is -0.385. The summed E-state index contributed by atoms with van der Waals surface area (Å²) in [5, 5.41) is 11.6. The van der Waals surface area contributed by atoms with Gasteiger partial charge in [0.05, 0.1) is 37.0 Å². The summed E-state index contributed by atoms with van der Waals surface area (Å²) in [4.78, 5) is 12.9. The quantitative estimate of drug-likeness (QED) is 0.431. The van der Waals surface area contributed by atoms with E-state index in [1.165, 1.54) is 13.2 Å². The van der Waals surface area contributed by atoms with Crippen LogP contribution in [0.25, 0.3) is 0 Å². The van der Waals surface area contributed by atoms with Crippen LogP contribution in [0.15, 0.2) is 34.9 Å². The molecule has 2 aromatic rings. The zero-order chi connectivity index (χ0) is 20.8. The Morgan fingerprint density at radius 1 is 1.34 bits per heavy atom. The van der Waals surface area contributed by atoms with E-state index in [1.807, 2.05) is 11.0 Å². The van der Waals surface area contributed by atoms with Crippen LogP contribution in [0.4, 0.5) is 14.5 Å². The first-order valence-corrected chi connectivity index (χ1v) is 9.12. The van der Waals surface area contributed by atoms with Crippen LogP contribution in [0.5, 0.6) is 11.5 Å². The first kappa shape index (κ1) is 21.0. The van der Waals surface area contributed by atoms with Gasteiger partial charge in [0.25, 0.3) is 5.69 Å². The molecular weight excluding hydrogens is 390 g/mol. The third-order valence-corrected chi connectivity index (χ3v) is 4.62. The monoisotopic (exact) mass is 412 g/mol. The van der Waals surface area contributed by atoms with Crippen molar-refractivity contribution in [2.24, 2.45) is 0 Å². The zero-order valence-electron chi connectivity index (χ0n) is 15.9. The lowest BCUT2D eigenvalue weighted by Gasteiger charge is -2.24. The predicted molar refractivity (Wildman–Crippen MR) is 98.1 cm³/mol. The summed E-state index contributed by atoms with van der Waals surface area (Å²) in [5.41, 5.74) is -0.00347. The van der Waals surface area contributed by atoms with Gasteiger partial charge in [-0.25, -0.2) is 0 Å². The number of nitrogens with zero attached hydrogens (tertiary/aromatic N) is 2. The number of hydrogen-bond donors (Lipinski definition) is 0. The zero-order valence-corrected chi connectivity index (χ0v) is 15.9. The fourth-order valence-corrected chi connectivity index (χ4v) is 3.36. The molecule has 1 saturated heterocycles. The van der Waals surface area contributed by atoms with Crippen molar-refractivity contribution in [1.82, 2.24) is 4.90 Å². The summed E-state index contributed by atoms with van der Waals surface area (Å²) in [6.07, 6.45) is 3.45. The van der Waals surface area contributed by atoms with Gasteiger partial charge in [-0.05, 0) is 31.0 Å². The van der Waals surface area contributed by atoms with Gasteiger partial charge in [0.1, 0.15) is 5.76 Å². The van der Waals surface area contributed by atoms with Gasteiger partial charge < -0.3 is 18.6 Å². The number of nitro benzene ring substituents is 1. The summed E-state index contributed by atoms with van der Waals surface area (Å²) in [5.74, 6) is 0.325. The van der Waals surface area contributed by atoms with E-state index in [1.54, 1.807) is 12.3 Å². The van der Waals surface area contributed by atoms with Gasteiger partial charge in [-0.15, -0.1) is 0 Å². The van der Waals surface area contributed by atoms with Crippen molar-refractivity contribution in [1.29, 1.82) is 0 Å². The van der Waals surface area contributed by atoms with Gasteiger partial charge in [-0.1, -0.05) is 0 Å². The van der Waals surface area contributed by atoms with E-state index in [0.717, 1.165) is 18.9 Å². The second kappa shape index (κ2) is 9.66. The molecule has 0 amide bonds. The molecule has 3 rings (SSSR count). The maximum Gasteiger partial charge on any atom is 0.387 e. The summed E-state index contributed by atoms with van der Waals surface area (Å²) in [6.45, 7) is -1.28. The smallest absolute Gasteiger partial charge is 0.387 e. The Kier molecular flexibility index (Phi) is 6.99. The number of furan rings is 1. The molecule has 1 fully saturated rings. The van der Waals surface area contributed by atoms with Crippen molar-refractivity contribution in [3.8, 4) is 11.5 Å². The van der Waals surface area contributed by atoms with Crippen molar-refractivity contribution >= 4 is 5.69 Å². The minimum absolute atomic E-state index is 0.000894. The largest absolute Gasteiger partial charge is 0.493 e. The number of nitro groups is 1. The third kappa shape index (κ3) is 5.64. The highest BCUT2D eigenvalue weighted by atomic mass is 19.3. The van der Waals surface area contributed by atoms with Crippen molar-refractivity contribution in [3.63, 3.8) is 0 Å². The molecule has 0 saturated carbocycles. The number of alkyl halides is 2. The SMILES string of the molecule is COc1cc(CN(Cc2ccco2)CC2CCCO2)c([N+](=O)[O-])cc1OC(F)F. The van der Waals surface area contributed by atoms with Gasteiger partial charge in [0.15, 0.2) is 11.5 Å². The predicted octanol–water partition coefficient (Wildman–Crippen LogP) is 3.98. The molecule has 0 radical (unpaired) electrons. The molecule has 1 aromatic carbocycles. The maximum atomic E-state index is 12.6. The normalized spacial score (nSPS) is 16.5. The molecule has 8 nitrogen and oxygen atoms in total. The number of benzene rings is 1. The topological polar surface area (TPSA) is 87.2 Å². The molecule has 1 aliphatic heterocycles. The number of hydrogen-bond acceptors (Lipinski definition) is 7. The molecular formula is C19H22F2N2O6. The molecule has 1 aliphatic rings. The minimum atomic E-state index is -3.12. The highest BCUT2D eigenvalue weighted by Crippen LogP contribution is 2.36. The summed E-state index contributed by atoms with van der Waals surface area (Å²) in [7, 11) is 1.29. The molecule has 0 bridgehead atoms. The molecule has 0 spiro atoms. The van der Waals surface area contributed by atoms with Crippen LogP contribution >= 0.6 is 0 Å². The molecule has 0 aliphatic carbocycles. The number of ether oxygens (including phenoxy) is 3. The number of methoxy groups -OCH3 is 1. The van der Waals surface area contributed by atoms with Gasteiger partial charge in [0, 0.05) is 25.3 Å².